The first kappa shape index (κ1) is 14.1. The number of amides is 1. The van der Waals surface area contributed by atoms with Crippen LogP contribution in [-0.4, -0.2) is 11.9 Å². The summed E-state index contributed by atoms with van der Waals surface area (Å²) < 4.78 is 0. The maximum absolute atomic E-state index is 12.1. The topological polar surface area (TPSA) is 52.9 Å². The summed E-state index contributed by atoms with van der Waals surface area (Å²) in [6, 6.07) is 16.1. The van der Waals surface area contributed by atoms with Crippen molar-refractivity contribution in [3.05, 3.63) is 48.0 Å². The second-order valence-electron chi connectivity index (χ2n) is 4.85. The predicted octanol–water partition coefficient (Wildman–Crippen LogP) is 3.19. The molecule has 0 heterocycles. The van der Waals surface area contributed by atoms with Gasteiger partial charge in [-0.2, -0.15) is 5.26 Å². The van der Waals surface area contributed by atoms with E-state index in [1.807, 2.05) is 49.4 Å². The molecule has 0 saturated heterocycles. The summed E-state index contributed by atoms with van der Waals surface area (Å²) in [7, 11) is 0. The lowest BCUT2D eigenvalue weighted by molar-refractivity contribution is -0.121. The minimum Gasteiger partial charge on any atom is -0.352 e. The average molecular weight is 266 g/mol. The van der Waals surface area contributed by atoms with E-state index in [4.69, 9.17) is 5.26 Å². The molecule has 3 nitrogen and oxygen atoms in total. The van der Waals surface area contributed by atoms with E-state index in [1.165, 1.54) is 0 Å². The van der Waals surface area contributed by atoms with Crippen molar-refractivity contribution in [2.24, 2.45) is 0 Å². The Morgan fingerprint density at radius 3 is 2.75 bits per heavy atom. The molecule has 0 aliphatic carbocycles. The Labute approximate surface area is 119 Å². The van der Waals surface area contributed by atoms with Crippen LogP contribution in [0.5, 0.6) is 0 Å². The Morgan fingerprint density at radius 2 is 2.00 bits per heavy atom. The highest BCUT2D eigenvalue weighted by Gasteiger charge is 2.11. The molecule has 0 aliphatic rings. The quantitative estimate of drug-likeness (QED) is 0.903. The first-order valence-corrected chi connectivity index (χ1v) is 6.87. The molecule has 20 heavy (non-hydrogen) atoms. The SMILES string of the molecule is CCC(CC#N)NC(=O)Cc1cccc2ccccc12. The van der Waals surface area contributed by atoms with E-state index in [0.29, 0.717) is 12.8 Å². The molecule has 1 N–H and O–H groups in total. The molecule has 0 fully saturated rings. The van der Waals surface area contributed by atoms with Crippen molar-refractivity contribution in [1.29, 1.82) is 5.26 Å². The number of fused-ring (bicyclic) bond motifs is 1. The lowest BCUT2D eigenvalue weighted by Crippen LogP contribution is -2.35. The normalized spacial score (nSPS) is 11.8. The molecule has 2 aromatic rings. The molecule has 1 atom stereocenters. The maximum atomic E-state index is 12.1. The summed E-state index contributed by atoms with van der Waals surface area (Å²) in [5, 5.41) is 13.9. The largest absolute Gasteiger partial charge is 0.352 e. The fourth-order valence-electron chi connectivity index (χ4n) is 2.31. The highest BCUT2D eigenvalue weighted by molar-refractivity contribution is 5.90. The molecule has 1 amide bonds. The van der Waals surface area contributed by atoms with E-state index < -0.39 is 0 Å². The van der Waals surface area contributed by atoms with Gasteiger partial charge in [0.05, 0.1) is 18.9 Å². The van der Waals surface area contributed by atoms with Gasteiger partial charge >= 0.3 is 0 Å². The number of nitrogens with zero attached hydrogens (tertiary/aromatic N) is 1. The third kappa shape index (κ3) is 3.36. The third-order valence-corrected chi connectivity index (χ3v) is 3.43. The molecule has 0 aromatic heterocycles. The summed E-state index contributed by atoms with van der Waals surface area (Å²) >= 11 is 0. The number of carbonyl (C=O) groups is 1. The van der Waals surface area contributed by atoms with Crippen molar-refractivity contribution in [2.45, 2.75) is 32.2 Å². The van der Waals surface area contributed by atoms with Gasteiger partial charge in [0.15, 0.2) is 0 Å². The smallest absolute Gasteiger partial charge is 0.224 e. The van der Waals surface area contributed by atoms with Crippen LogP contribution in [-0.2, 0) is 11.2 Å². The molecule has 2 rings (SSSR count). The molecular weight excluding hydrogens is 248 g/mol. The Balaban J connectivity index is 2.12. The second kappa shape index (κ2) is 6.72. The highest BCUT2D eigenvalue weighted by Crippen LogP contribution is 2.18. The lowest BCUT2D eigenvalue weighted by Gasteiger charge is -2.14. The first-order chi connectivity index (χ1) is 9.74. The van der Waals surface area contributed by atoms with Gasteiger partial charge in [-0.25, -0.2) is 0 Å². The van der Waals surface area contributed by atoms with E-state index in [1.54, 1.807) is 0 Å². The molecule has 1 unspecified atom stereocenters. The van der Waals surface area contributed by atoms with Crippen LogP contribution >= 0.6 is 0 Å². The molecule has 0 spiro atoms. The van der Waals surface area contributed by atoms with E-state index >= 15 is 0 Å². The van der Waals surface area contributed by atoms with Gasteiger partial charge in [-0.05, 0) is 22.8 Å². The minimum atomic E-state index is -0.0533. The first-order valence-electron chi connectivity index (χ1n) is 6.87. The van der Waals surface area contributed by atoms with Crippen LogP contribution in [0.3, 0.4) is 0 Å². The van der Waals surface area contributed by atoms with Crippen molar-refractivity contribution in [3.63, 3.8) is 0 Å². The Morgan fingerprint density at radius 1 is 1.25 bits per heavy atom. The van der Waals surface area contributed by atoms with Crippen LogP contribution in [0.4, 0.5) is 0 Å². The summed E-state index contributed by atoms with van der Waals surface area (Å²) in [6.45, 7) is 1.97. The molecule has 0 radical (unpaired) electrons. The zero-order chi connectivity index (χ0) is 14.4. The van der Waals surface area contributed by atoms with Crippen molar-refractivity contribution >= 4 is 16.7 Å². The minimum absolute atomic E-state index is 0.0246. The number of hydrogen-bond acceptors (Lipinski definition) is 2. The summed E-state index contributed by atoms with van der Waals surface area (Å²) in [4.78, 5) is 12.1. The van der Waals surface area contributed by atoms with Gasteiger partial charge in [-0.15, -0.1) is 0 Å². The zero-order valence-electron chi connectivity index (χ0n) is 11.6. The number of rotatable bonds is 5. The van der Waals surface area contributed by atoms with Gasteiger partial charge in [-0.3, -0.25) is 4.79 Å². The summed E-state index contributed by atoms with van der Waals surface area (Å²) in [6.07, 6.45) is 1.48. The monoisotopic (exact) mass is 266 g/mol. The van der Waals surface area contributed by atoms with Crippen molar-refractivity contribution in [2.75, 3.05) is 0 Å². The molecule has 2 aromatic carbocycles. The third-order valence-electron chi connectivity index (χ3n) is 3.43. The standard InChI is InChI=1S/C17H18N2O/c1-2-15(10-11-18)19-17(20)12-14-8-5-7-13-6-3-4-9-16(13)14/h3-9,15H,2,10,12H2,1H3,(H,19,20). The highest BCUT2D eigenvalue weighted by atomic mass is 16.1. The number of carbonyl (C=O) groups excluding carboxylic acids is 1. The molecular formula is C17H18N2O. The zero-order valence-corrected chi connectivity index (χ0v) is 11.6. The van der Waals surface area contributed by atoms with Crippen molar-refractivity contribution in [3.8, 4) is 6.07 Å². The van der Waals surface area contributed by atoms with Crippen LogP contribution < -0.4 is 5.32 Å². The van der Waals surface area contributed by atoms with E-state index in [0.717, 1.165) is 22.8 Å². The number of nitriles is 1. The van der Waals surface area contributed by atoms with Gasteiger partial charge in [0, 0.05) is 6.04 Å². The van der Waals surface area contributed by atoms with Crippen LogP contribution in [0.1, 0.15) is 25.3 Å². The van der Waals surface area contributed by atoms with Gasteiger partial charge < -0.3 is 5.32 Å². The molecule has 3 heteroatoms. The second-order valence-corrected chi connectivity index (χ2v) is 4.85. The number of benzene rings is 2. The van der Waals surface area contributed by atoms with Crippen LogP contribution in [0.25, 0.3) is 10.8 Å². The average Bonchev–Trinajstić information content (AvgIpc) is 2.47. The number of hydrogen-bond donors (Lipinski definition) is 1. The molecule has 0 bridgehead atoms. The summed E-state index contributed by atoms with van der Waals surface area (Å²) in [5.41, 5.74) is 1.02. The lowest BCUT2D eigenvalue weighted by atomic mass is 10.0. The van der Waals surface area contributed by atoms with Crippen molar-refractivity contribution < 1.29 is 4.79 Å². The van der Waals surface area contributed by atoms with Crippen molar-refractivity contribution in [1.82, 2.24) is 5.32 Å². The molecule has 0 saturated carbocycles. The predicted molar refractivity (Wildman–Crippen MR) is 80.1 cm³/mol. The number of nitrogens with one attached hydrogen (secondary N) is 1. The van der Waals surface area contributed by atoms with Crippen LogP contribution in [0, 0.1) is 11.3 Å². The fourth-order valence-corrected chi connectivity index (χ4v) is 2.31. The van der Waals surface area contributed by atoms with E-state index in [2.05, 4.69) is 11.4 Å². The Bertz CT molecular complexity index is 637. The van der Waals surface area contributed by atoms with Gasteiger partial charge in [0.1, 0.15) is 0 Å². The van der Waals surface area contributed by atoms with Crippen LogP contribution in [0.2, 0.25) is 0 Å². The molecule has 102 valence electrons. The summed E-state index contributed by atoms with van der Waals surface area (Å²) in [5.74, 6) is -0.0246. The van der Waals surface area contributed by atoms with Crippen LogP contribution in [0.15, 0.2) is 42.5 Å². The fraction of sp³-hybridized carbons (Fsp3) is 0.294. The maximum Gasteiger partial charge on any atom is 0.224 e. The Kier molecular flexibility index (Phi) is 4.73. The van der Waals surface area contributed by atoms with Gasteiger partial charge in [0.2, 0.25) is 5.91 Å². The molecule has 0 aliphatic heterocycles. The van der Waals surface area contributed by atoms with Gasteiger partial charge in [0.25, 0.3) is 0 Å². The van der Waals surface area contributed by atoms with E-state index in [-0.39, 0.29) is 11.9 Å². The van der Waals surface area contributed by atoms with Gasteiger partial charge in [-0.1, -0.05) is 49.4 Å². The van der Waals surface area contributed by atoms with E-state index in [9.17, 15) is 4.79 Å². The Hall–Kier alpha value is -2.34.